The number of nitrogens with zero attached hydrogens (tertiary/aromatic N) is 2. The topological polar surface area (TPSA) is 46.8 Å². The third kappa shape index (κ3) is 2.50. The molecular formula is C15H22N2O2S. The molecule has 0 spiro atoms. The zero-order valence-electron chi connectivity index (χ0n) is 12.1. The highest BCUT2D eigenvalue weighted by Crippen LogP contribution is 2.37. The van der Waals surface area contributed by atoms with Crippen LogP contribution in [0.5, 0.6) is 0 Å². The van der Waals surface area contributed by atoms with E-state index < -0.39 is 6.10 Å². The Morgan fingerprint density at radius 2 is 2.30 bits per heavy atom. The molecule has 0 bridgehead atoms. The fourth-order valence-electron chi connectivity index (χ4n) is 3.18. The molecule has 2 aromatic heterocycles. The van der Waals surface area contributed by atoms with E-state index in [1.807, 2.05) is 22.2 Å². The maximum Gasteiger partial charge on any atom is 0.193 e. The third-order valence-corrected chi connectivity index (χ3v) is 5.45. The Balaban J connectivity index is 1.73. The van der Waals surface area contributed by atoms with Crippen LogP contribution in [0.2, 0.25) is 0 Å². The van der Waals surface area contributed by atoms with Crippen molar-refractivity contribution in [3.63, 3.8) is 0 Å². The van der Waals surface area contributed by atoms with Crippen molar-refractivity contribution in [2.24, 2.45) is 5.92 Å². The van der Waals surface area contributed by atoms with E-state index in [4.69, 9.17) is 4.74 Å². The van der Waals surface area contributed by atoms with Gasteiger partial charge >= 0.3 is 0 Å². The van der Waals surface area contributed by atoms with Crippen molar-refractivity contribution in [2.75, 3.05) is 7.11 Å². The number of aromatic nitrogens is 2. The zero-order chi connectivity index (χ0) is 14.2. The largest absolute Gasteiger partial charge is 0.390 e. The number of hydrogen-bond acceptors (Lipinski definition) is 4. The van der Waals surface area contributed by atoms with Crippen molar-refractivity contribution in [2.45, 2.75) is 50.7 Å². The molecule has 5 heteroatoms. The van der Waals surface area contributed by atoms with Crippen molar-refractivity contribution < 1.29 is 9.84 Å². The molecule has 1 saturated carbocycles. The van der Waals surface area contributed by atoms with Crippen molar-refractivity contribution in [3.05, 3.63) is 23.5 Å². The summed E-state index contributed by atoms with van der Waals surface area (Å²) in [6.45, 7) is 2.27. The van der Waals surface area contributed by atoms with Gasteiger partial charge in [-0.15, -0.1) is 11.3 Å². The molecule has 1 N–H and O–H groups in total. The standard InChI is InChI=1S/C15H22N2O2S/c1-11-3-5-15(19-2,6-4-11)13(18)9-12-10-17-7-8-20-14(17)16-12/h7-8,10-11,13,18H,3-6,9H2,1-2H3. The Kier molecular flexibility index (Phi) is 3.84. The van der Waals surface area contributed by atoms with Crippen LogP contribution in [0.15, 0.2) is 17.8 Å². The summed E-state index contributed by atoms with van der Waals surface area (Å²) in [5.41, 5.74) is 0.559. The van der Waals surface area contributed by atoms with Crippen LogP contribution < -0.4 is 0 Å². The van der Waals surface area contributed by atoms with Crippen molar-refractivity contribution in [1.82, 2.24) is 9.38 Å². The minimum absolute atomic E-state index is 0.385. The van der Waals surface area contributed by atoms with E-state index in [2.05, 4.69) is 11.9 Å². The first kappa shape index (κ1) is 14.0. The van der Waals surface area contributed by atoms with E-state index >= 15 is 0 Å². The second kappa shape index (κ2) is 5.47. The summed E-state index contributed by atoms with van der Waals surface area (Å²) < 4.78 is 7.74. The third-order valence-electron chi connectivity index (χ3n) is 4.68. The Bertz CT molecular complexity index is 541. The predicted molar refractivity (Wildman–Crippen MR) is 80.2 cm³/mol. The fraction of sp³-hybridized carbons (Fsp3) is 0.667. The predicted octanol–water partition coefficient (Wildman–Crippen LogP) is 2.89. The highest BCUT2D eigenvalue weighted by atomic mass is 32.1. The lowest BCUT2D eigenvalue weighted by Crippen LogP contribution is -2.47. The smallest absolute Gasteiger partial charge is 0.193 e. The number of aliphatic hydroxyl groups excluding tert-OH is 1. The van der Waals surface area contributed by atoms with Gasteiger partial charge in [-0.2, -0.15) is 0 Å². The van der Waals surface area contributed by atoms with E-state index in [0.717, 1.165) is 42.3 Å². The molecule has 1 fully saturated rings. The van der Waals surface area contributed by atoms with Crippen LogP contribution in [-0.4, -0.2) is 33.3 Å². The van der Waals surface area contributed by atoms with Gasteiger partial charge in [0, 0.05) is 31.3 Å². The van der Waals surface area contributed by atoms with Crippen molar-refractivity contribution >= 4 is 16.3 Å². The summed E-state index contributed by atoms with van der Waals surface area (Å²) in [4.78, 5) is 5.54. The van der Waals surface area contributed by atoms with Gasteiger partial charge in [-0.3, -0.25) is 4.40 Å². The van der Waals surface area contributed by atoms with E-state index in [1.165, 1.54) is 0 Å². The maximum atomic E-state index is 10.7. The number of fused-ring (bicyclic) bond motifs is 1. The summed E-state index contributed by atoms with van der Waals surface area (Å²) in [5, 5.41) is 12.7. The average molecular weight is 294 g/mol. The van der Waals surface area contributed by atoms with Gasteiger partial charge in [0.15, 0.2) is 4.96 Å². The van der Waals surface area contributed by atoms with Gasteiger partial charge in [-0.05, 0) is 31.6 Å². The average Bonchev–Trinajstić information content (AvgIpc) is 3.01. The molecular weight excluding hydrogens is 272 g/mol. The Labute approximate surface area is 123 Å². The lowest BCUT2D eigenvalue weighted by molar-refractivity contribution is -0.127. The molecule has 2 aromatic rings. The first-order valence-electron chi connectivity index (χ1n) is 7.27. The van der Waals surface area contributed by atoms with Crippen LogP contribution in [0.4, 0.5) is 0 Å². The van der Waals surface area contributed by atoms with Crippen LogP contribution in [0.25, 0.3) is 4.96 Å². The quantitative estimate of drug-likeness (QED) is 0.943. The molecule has 1 atom stereocenters. The molecule has 0 aromatic carbocycles. The number of rotatable bonds is 4. The molecule has 0 amide bonds. The van der Waals surface area contributed by atoms with Crippen LogP contribution in [-0.2, 0) is 11.2 Å². The second-order valence-corrected chi connectivity index (χ2v) is 6.87. The van der Waals surface area contributed by atoms with Gasteiger partial charge in [0.2, 0.25) is 0 Å². The highest BCUT2D eigenvalue weighted by Gasteiger charge is 2.40. The fourth-order valence-corrected chi connectivity index (χ4v) is 3.90. The van der Waals surface area contributed by atoms with E-state index in [1.54, 1.807) is 18.4 Å². The lowest BCUT2D eigenvalue weighted by atomic mass is 9.75. The Hall–Kier alpha value is -0.910. The first-order chi connectivity index (χ1) is 9.63. The van der Waals surface area contributed by atoms with Crippen LogP contribution in [0.3, 0.4) is 0 Å². The van der Waals surface area contributed by atoms with E-state index in [0.29, 0.717) is 6.42 Å². The molecule has 1 unspecified atom stereocenters. The van der Waals surface area contributed by atoms with Gasteiger partial charge in [0.25, 0.3) is 0 Å². The number of methoxy groups -OCH3 is 1. The summed E-state index contributed by atoms with van der Waals surface area (Å²) in [6.07, 6.45) is 8.22. The molecule has 2 heterocycles. The minimum atomic E-state index is -0.482. The second-order valence-electron chi connectivity index (χ2n) is 6.00. The van der Waals surface area contributed by atoms with Crippen molar-refractivity contribution in [1.29, 1.82) is 0 Å². The van der Waals surface area contributed by atoms with Gasteiger partial charge in [-0.1, -0.05) is 6.92 Å². The summed E-state index contributed by atoms with van der Waals surface area (Å²) in [7, 11) is 1.73. The van der Waals surface area contributed by atoms with Gasteiger partial charge < -0.3 is 9.84 Å². The van der Waals surface area contributed by atoms with Crippen LogP contribution in [0, 0.1) is 5.92 Å². The Morgan fingerprint density at radius 1 is 1.55 bits per heavy atom. The van der Waals surface area contributed by atoms with Crippen molar-refractivity contribution in [3.8, 4) is 0 Å². The number of thiazole rings is 1. The molecule has 4 nitrogen and oxygen atoms in total. The maximum absolute atomic E-state index is 10.7. The molecule has 20 heavy (non-hydrogen) atoms. The lowest BCUT2D eigenvalue weighted by Gasteiger charge is -2.41. The number of imidazole rings is 1. The van der Waals surface area contributed by atoms with Crippen LogP contribution in [0.1, 0.15) is 38.3 Å². The molecule has 1 aliphatic rings. The summed E-state index contributed by atoms with van der Waals surface area (Å²) >= 11 is 1.61. The molecule has 0 saturated heterocycles. The monoisotopic (exact) mass is 294 g/mol. The van der Waals surface area contributed by atoms with Gasteiger partial charge in [0.1, 0.15) is 0 Å². The molecule has 3 rings (SSSR count). The van der Waals surface area contributed by atoms with Crippen LogP contribution >= 0.6 is 11.3 Å². The number of aliphatic hydroxyl groups is 1. The first-order valence-corrected chi connectivity index (χ1v) is 8.15. The highest BCUT2D eigenvalue weighted by molar-refractivity contribution is 7.15. The van der Waals surface area contributed by atoms with Gasteiger partial charge in [0.05, 0.1) is 17.4 Å². The number of hydrogen-bond donors (Lipinski definition) is 1. The molecule has 0 radical (unpaired) electrons. The van der Waals surface area contributed by atoms with Gasteiger partial charge in [-0.25, -0.2) is 4.98 Å². The SMILES string of the molecule is COC1(C(O)Cc2cn3ccsc3n2)CCC(C)CC1. The molecule has 0 aliphatic heterocycles. The normalized spacial score (nSPS) is 28.9. The van der Waals surface area contributed by atoms with E-state index in [-0.39, 0.29) is 5.60 Å². The zero-order valence-corrected chi connectivity index (χ0v) is 12.9. The Morgan fingerprint density at radius 3 is 2.95 bits per heavy atom. The summed E-state index contributed by atoms with van der Waals surface area (Å²) in [6, 6.07) is 0. The molecule has 110 valence electrons. The summed E-state index contributed by atoms with van der Waals surface area (Å²) in [5.74, 6) is 0.739. The number of ether oxygens (including phenoxy) is 1. The van der Waals surface area contributed by atoms with E-state index in [9.17, 15) is 5.11 Å². The molecule has 1 aliphatic carbocycles. The minimum Gasteiger partial charge on any atom is -0.390 e.